The number of aromatic hydroxyl groups is 1. The molecule has 0 aliphatic rings. The highest BCUT2D eigenvalue weighted by Gasteiger charge is 2.17. The number of methoxy groups -OCH3 is 2. The van der Waals surface area contributed by atoms with Crippen molar-refractivity contribution < 1.29 is 19.4 Å². The summed E-state index contributed by atoms with van der Waals surface area (Å²) in [6, 6.07) is 4.58. The van der Waals surface area contributed by atoms with Gasteiger partial charge in [-0.3, -0.25) is 4.79 Å². The molecule has 0 amide bonds. The van der Waals surface area contributed by atoms with Gasteiger partial charge in [0, 0.05) is 5.39 Å². The summed E-state index contributed by atoms with van der Waals surface area (Å²) in [5.74, 6) is -0.677. The number of carbonyl (C=O) groups excluding carboxylic acids is 1. The molecule has 0 aliphatic heterocycles. The van der Waals surface area contributed by atoms with Gasteiger partial charge >= 0.3 is 5.97 Å². The Morgan fingerprint density at radius 2 is 2.00 bits per heavy atom. The molecule has 2 N–H and O–H groups in total. The Morgan fingerprint density at radius 1 is 1.28 bits per heavy atom. The van der Waals surface area contributed by atoms with Crippen LogP contribution in [0.15, 0.2) is 23.0 Å². The second-order valence-corrected chi connectivity index (χ2v) is 3.58. The first-order valence-corrected chi connectivity index (χ1v) is 5.09. The summed E-state index contributed by atoms with van der Waals surface area (Å²) < 4.78 is 9.48. The minimum atomic E-state index is -0.811. The third-order valence-electron chi connectivity index (χ3n) is 2.59. The fourth-order valence-corrected chi connectivity index (χ4v) is 1.67. The number of H-pyrrole nitrogens is 1. The summed E-state index contributed by atoms with van der Waals surface area (Å²) in [7, 11) is 2.63. The van der Waals surface area contributed by atoms with E-state index in [-0.39, 0.29) is 22.2 Å². The molecule has 2 rings (SSSR count). The van der Waals surface area contributed by atoms with E-state index in [1.165, 1.54) is 19.2 Å². The maximum absolute atomic E-state index is 11.8. The number of hydrogen-bond acceptors (Lipinski definition) is 5. The highest BCUT2D eigenvalue weighted by Crippen LogP contribution is 2.28. The van der Waals surface area contributed by atoms with Gasteiger partial charge in [-0.2, -0.15) is 0 Å². The molecular formula is C12H11NO5. The average Bonchev–Trinajstić information content (AvgIpc) is 2.41. The van der Waals surface area contributed by atoms with Crippen LogP contribution in [0.4, 0.5) is 0 Å². The number of aromatic nitrogens is 1. The lowest BCUT2D eigenvalue weighted by molar-refractivity contribution is 0.0590. The van der Waals surface area contributed by atoms with Crippen LogP contribution in [-0.2, 0) is 4.74 Å². The Hall–Kier alpha value is -2.50. The van der Waals surface area contributed by atoms with Crippen LogP contribution < -0.4 is 10.3 Å². The quantitative estimate of drug-likeness (QED) is 0.776. The lowest BCUT2D eigenvalue weighted by Gasteiger charge is -2.07. The number of aromatic amines is 1. The molecule has 6 heteroatoms. The number of fused-ring (bicyclic) bond motifs is 1. The third-order valence-corrected chi connectivity index (χ3v) is 2.59. The molecule has 0 spiro atoms. The summed E-state index contributed by atoms with van der Waals surface area (Å²) in [6.45, 7) is 0. The van der Waals surface area contributed by atoms with E-state index in [4.69, 9.17) is 4.74 Å². The second-order valence-electron chi connectivity index (χ2n) is 3.58. The first kappa shape index (κ1) is 12.0. The number of ether oxygens (including phenoxy) is 2. The molecule has 1 heterocycles. The molecule has 0 atom stereocenters. The normalized spacial score (nSPS) is 10.3. The van der Waals surface area contributed by atoms with Crippen LogP contribution in [0.5, 0.6) is 11.5 Å². The molecule has 0 bridgehead atoms. The van der Waals surface area contributed by atoms with Crippen molar-refractivity contribution in [2.75, 3.05) is 14.2 Å². The van der Waals surface area contributed by atoms with Crippen LogP contribution in [0.3, 0.4) is 0 Å². The monoisotopic (exact) mass is 249 g/mol. The van der Waals surface area contributed by atoms with Crippen LogP contribution in [-0.4, -0.2) is 30.3 Å². The highest BCUT2D eigenvalue weighted by atomic mass is 16.5. The van der Waals surface area contributed by atoms with Crippen molar-refractivity contribution in [2.45, 2.75) is 0 Å². The lowest BCUT2D eigenvalue weighted by Crippen LogP contribution is -2.14. The molecule has 0 unspecified atom stereocenters. The largest absolute Gasteiger partial charge is 0.505 e. The minimum Gasteiger partial charge on any atom is -0.505 e. The molecule has 0 radical (unpaired) electrons. The molecule has 1 aromatic carbocycles. The van der Waals surface area contributed by atoms with Gasteiger partial charge in [0.25, 0.3) is 5.56 Å². The van der Waals surface area contributed by atoms with Gasteiger partial charge in [0.15, 0.2) is 11.4 Å². The maximum atomic E-state index is 11.8. The molecule has 18 heavy (non-hydrogen) atoms. The van der Waals surface area contributed by atoms with Gasteiger partial charge in [-0.1, -0.05) is 0 Å². The Morgan fingerprint density at radius 3 is 2.61 bits per heavy atom. The van der Waals surface area contributed by atoms with Gasteiger partial charge in [-0.25, -0.2) is 4.79 Å². The summed E-state index contributed by atoms with van der Waals surface area (Å²) in [4.78, 5) is 25.4. The van der Waals surface area contributed by atoms with E-state index in [1.807, 2.05) is 0 Å². The van der Waals surface area contributed by atoms with Crippen LogP contribution in [0.2, 0.25) is 0 Å². The standard InChI is InChI=1S/C12H11NO5/c1-17-6-3-4-7-8(5-6)10(14)9(12(16)18-2)13-11(7)15/h3-5,14H,1-2H3,(H,13,15). The van der Waals surface area contributed by atoms with Gasteiger partial charge < -0.3 is 19.6 Å². The summed E-state index contributed by atoms with van der Waals surface area (Å²) in [6.07, 6.45) is 0. The van der Waals surface area contributed by atoms with Gasteiger partial charge in [0.2, 0.25) is 0 Å². The molecule has 2 aromatic rings. The van der Waals surface area contributed by atoms with E-state index in [2.05, 4.69) is 9.72 Å². The number of pyridine rings is 1. The number of carbonyl (C=O) groups is 1. The second kappa shape index (κ2) is 4.40. The number of esters is 1. The van der Waals surface area contributed by atoms with E-state index in [1.54, 1.807) is 6.07 Å². The van der Waals surface area contributed by atoms with Crippen molar-refractivity contribution in [1.29, 1.82) is 0 Å². The van der Waals surface area contributed by atoms with Crippen LogP contribution in [0, 0.1) is 0 Å². The van der Waals surface area contributed by atoms with Crippen LogP contribution in [0.25, 0.3) is 10.8 Å². The van der Waals surface area contributed by atoms with Crippen molar-refractivity contribution in [3.63, 3.8) is 0 Å². The molecule has 0 fully saturated rings. The van der Waals surface area contributed by atoms with Crippen molar-refractivity contribution in [2.24, 2.45) is 0 Å². The number of nitrogens with one attached hydrogen (secondary N) is 1. The van der Waals surface area contributed by atoms with Gasteiger partial charge in [-0.05, 0) is 18.2 Å². The fraction of sp³-hybridized carbons (Fsp3) is 0.167. The zero-order chi connectivity index (χ0) is 13.3. The topological polar surface area (TPSA) is 88.6 Å². The van der Waals surface area contributed by atoms with E-state index >= 15 is 0 Å². The molecule has 1 aromatic heterocycles. The first-order valence-electron chi connectivity index (χ1n) is 5.09. The predicted molar refractivity (Wildman–Crippen MR) is 64.1 cm³/mol. The fourth-order valence-electron chi connectivity index (χ4n) is 1.67. The minimum absolute atomic E-state index is 0.235. The van der Waals surface area contributed by atoms with Crippen molar-refractivity contribution in [1.82, 2.24) is 4.98 Å². The molecule has 0 aliphatic carbocycles. The maximum Gasteiger partial charge on any atom is 0.358 e. The molecule has 94 valence electrons. The number of hydrogen-bond donors (Lipinski definition) is 2. The van der Waals surface area contributed by atoms with E-state index in [9.17, 15) is 14.7 Å². The Balaban J connectivity index is 2.83. The third kappa shape index (κ3) is 1.77. The van der Waals surface area contributed by atoms with Crippen LogP contribution >= 0.6 is 0 Å². The van der Waals surface area contributed by atoms with E-state index in [0.717, 1.165) is 7.11 Å². The highest BCUT2D eigenvalue weighted by molar-refractivity contribution is 5.99. The van der Waals surface area contributed by atoms with Crippen molar-refractivity contribution >= 4 is 16.7 Å². The SMILES string of the molecule is COC(=O)c1[nH]c(=O)c2ccc(OC)cc2c1O. The Kier molecular flexibility index (Phi) is 2.93. The molecular weight excluding hydrogens is 238 g/mol. The average molecular weight is 249 g/mol. The summed E-state index contributed by atoms with van der Waals surface area (Å²) in [5.41, 5.74) is -0.755. The summed E-state index contributed by atoms with van der Waals surface area (Å²) >= 11 is 0. The van der Waals surface area contributed by atoms with Gasteiger partial charge in [0.1, 0.15) is 5.75 Å². The first-order chi connectivity index (χ1) is 8.58. The Labute approximate surface area is 102 Å². The van der Waals surface area contributed by atoms with Crippen molar-refractivity contribution in [3.05, 3.63) is 34.2 Å². The molecule has 6 nitrogen and oxygen atoms in total. The lowest BCUT2D eigenvalue weighted by atomic mass is 10.1. The predicted octanol–water partition coefficient (Wildman–Crippen LogP) is 1.03. The van der Waals surface area contributed by atoms with E-state index in [0.29, 0.717) is 5.75 Å². The van der Waals surface area contributed by atoms with Crippen LogP contribution in [0.1, 0.15) is 10.5 Å². The van der Waals surface area contributed by atoms with Gasteiger partial charge in [0.05, 0.1) is 19.6 Å². The number of rotatable bonds is 2. The molecule has 0 saturated heterocycles. The smallest absolute Gasteiger partial charge is 0.358 e. The zero-order valence-corrected chi connectivity index (χ0v) is 9.81. The summed E-state index contributed by atoms with van der Waals surface area (Å²) in [5, 5.41) is 10.5. The van der Waals surface area contributed by atoms with E-state index < -0.39 is 11.5 Å². The zero-order valence-electron chi connectivity index (χ0n) is 9.81. The number of benzene rings is 1. The van der Waals surface area contributed by atoms with Gasteiger partial charge in [-0.15, -0.1) is 0 Å². The Bertz CT molecular complexity index is 674. The van der Waals surface area contributed by atoms with Crippen molar-refractivity contribution in [3.8, 4) is 11.5 Å². The molecule has 0 saturated carbocycles.